The Bertz CT molecular complexity index is 1030. The first-order valence-corrected chi connectivity index (χ1v) is 11.0. The maximum atomic E-state index is 14.0. The molecule has 6 nitrogen and oxygen atoms in total. The number of nitriles is 1. The second-order valence-corrected chi connectivity index (χ2v) is 10.3. The van der Waals surface area contributed by atoms with E-state index in [1.807, 2.05) is 0 Å². The van der Waals surface area contributed by atoms with E-state index in [0.717, 1.165) is 0 Å². The van der Waals surface area contributed by atoms with Gasteiger partial charge in [0, 0.05) is 18.7 Å². The smallest absolute Gasteiger partial charge is 0.411 e. The predicted octanol–water partition coefficient (Wildman–Crippen LogP) is 5.23. The molecule has 0 saturated carbocycles. The van der Waals surface area contributed by atoms with E-state index in [2.05, 4.69) is 15.9 Å². The van der Waals surface area contributed by atoms with Gasteiger partial charge in [-0.2, -0.15) is 5.26 Å². The fraction of sp³-hybridized carbons (Fsp3) is 0.381. The summed E-state index contributed by atoms with van der Waals surface area (Å²) in [7, 11) is 0. The molecule has 1 saturated heterocycles. The highest BCUT2D eigenvalue weighted by molar-refractivity contribution is 9.11. The Labute approximate surface area is 187 Å². The lowest BCUT2D eigenvalue weighted by Gasteiger charge is -2.36. The van der Waals surface area contributed by atoms with Crippen LogP contribution in [-0.4, -0.2) is 47.2 Å². The maximum Gasteiger partial charge on any atom is 0.411 e. The zero-order valence-corrected chi connectivity index (χ0v) is 19.3. The van der Waals surface area contributed by atoms with Crippen LogP contribution < -0.4 is 0 Å². The molecule has 2 amide bonds. The van der Waals surface area contributed by atoms with E-state index < -0.39 is 17.5 Å². The third-order valence-electron chi connectivity index (χ3n) is 4.43. The summed E-state index contributed by atoms with van der Waals surface area (Å²) in [5.74, 6) is -0.806. The summed E-state index contributed by atoms with van der Waals surface area (Å²) in [6, 6.07) is 7.84. The molecule has 0 atom stereocenters. The van der Waals surface area contributed by atoms with Crippen molar-refractivity contribution in [3.63, 3.8) is 0 Å². The second-order valence-electron chi connectivity index (χ2n) is 7.91. The molecular weight excluding hydrogens is 473 g/mol. The Hall–Kier alpha value is -2.44. The van der Waals surface area contributed by atoms with E-state index in [-0.39, 0.29) is 18.1 Å². The molecule has 1 aromatic heterocycles. The highest BCUT2D eigenvalue weighted by Crippen LogP contribution is 2.37. The number of benzene rings is 1. The van der Waals surface area contributed by atoms with Crippen LogP contribution in [0.3, 0.4) is 0 Å². The summed E-state index contributed by atoms with van der Waals surface area (Å²) in [6.07, 6.45) is 0.215. The van der Waals surface area contributed by atoms with Crippen LogP contribution in [0, 0.1) is 17.1 Å². The number of hydrogen-bond acceptors (Lipinski definition) is 5. The van der Waals surface area contributed by atoms with Crippen LogP contribution in [-0.2, 0) is 4.74 Å². The number of ether oxygens (including phenoxy) is 1. The number of halogens is 2. The molecule has 0 bridgehead atoms. The Morgan fingerprint density at radius 1 is 1.23 bits per heavy atom. The van der Waals surface area contributed by atoms with Gasteiger partial charge in [-0.25, -0.2) is 9.18 Å². The summed E-state index contributed by atoms with van der Waals surface area (Å²) < 4.78 is 20.1. The van der Waals surface area contributed by atoms with Crippen molar-refractivity contribution in [1.82, 2.24) is 9.80 Å². The molecule has 0 radical (unpaired) electrons. The number of carbonyl (C=O) groups excluding carboxylic acids is 2. The molecule has 2 heterocycles. The zero-order chi connectivity index (χ0) is 22.1. The lowest BCUT2D eigenvalue weighted by atomic mass is 10.1. The standard InChI is InChI=1S/C21H21BrFN3O3S/c1-21(2,3)29-20(28)26-8-4-7-25(12-26)19(27)17-10-15(18(22)30-17)13-5-6-14(11-24)16(23)9-13/h5-6,9-10H,4,7-8,12H2,1-3H3. The molecule has 1 fully saturated rings. The van der Waals surface area contributed by atoms with Crippen LogP contribution in [0.5, 0.6) is 0 Å². The normalized spacial score (nSPS) is 14.4. The first-order valence-electron chi connectivity index (χ1n) is 9.35. The Balaban J connectivity index is 1.77. The topological polar surface area (TPSA) is 73.6 Å². The van der Waals surface area contributed by atoms with Gasteiger partial charge in [-0.05, 0) is 66.9 Å². The van der Waals surface area contributed by atoms with Gasteiger partial charge >= 0.3 is 6.09 Å². The van der Waals surface area contributed by atoms with Gasteiger partial charge in [0.15, 0.2) is 0 Å². The summed E-state index contributed by atoms with van der Waals surface area (Å²) in [4.78, 5) is 29.0. The van der Waals surface area contributed by atoms with E-state index in [0.29, 0.717) is 39.3 Å². The first kappa shape index (κ1) is 22.2. The molecule has 1 aromatic carbocycles. The average molecular weight is 494 g/mol. The minimum absolute atomic E-state index is 0.0306. The van der Waals surface area contributed by atoms with Gasteiger partial charge in [-0.15, -0.1) is 11.3 Å². The number of hydrogen-bond donors (Lipinski definition) is 0. The zero-order valence-electron chi connectivity index (χ0n) is 16.9. The summed E-state index contributed by atoms with van der Waals surface area (Å²) in [5.41, 5.74) is 0.611. The van der Waals surface area contributed by atoms with E-state index in [1.165, 1.54) is 28.4 Å². The van der Waals surface area contributed by atoms with Crippen molar-refractivity contribution in [3.8, 4) is 17.2 Å². The van der Waals surface area contributed by atoms with Crippen LogP contribution in [0.4, 0.5) is 9.18 Å². The van der Waals surface area contributed by atoms with Gasteiger partial charge in [-0.1, -0.05) is 6.07 Å². The van der Waals surface area contributed by atoms with Gasteiger partial charge < -0.3 is 9.64 Å². The van der Waals surface area contributed by atoms with Crippen LogP contribution in [0.1, 0.15) is 42.4 Å². The van der Waals surface area contributed by atoms with Gasteiger partial charge in [0.2, 0.25) is 0 Å². The van der Waals surface area contributed by atoms with E-state index >= 15 is 0 Å². The van der Waals surface area contributed by atoms with E-state index in [4.69, 9.17) is 10.00 Å². The van der Waals surface area contributed by atoms with E-state index in [9.17, 15) is 14.0 Å². The first-order chi connectivity index (χ1) is 14.1. The molecule has 0 aliphatic carbocycles. The van der Waals surface area contributed by atoms with Crippen LogP contribution >= 0.6 is 27.3 Å². The molecule has 158 valence electrons. The van der Waals surface area contributed by atoms with Crippen molar-refractivity contribution >= 4 is 39.3 Å². The van der Waals surface area contributed by atoms with Crippen molar-refractivity contribution in [2.75, 3.05) is 19.8 Å². The summed E-state index contributed by atoms with van der Waals surface area (Å²) in [5, 5.41) is 8.89. The van der Waals surface area contributed by atoms with Crippen molar-refractivity contribution in [2.24, 2.45) is 0 Å². The third-order valence-corrected chi connectivity index (χ3v) is 6.26. The minimum Gasteiger partial charge on any atom is -0.444 e. The lowest BCUT2D eigenvalue weighted by molar-refractivity contribution is 0.00446. The Morgan fingerprint density at radius 2 is 1.93 bits per heavy atom. The Morgan fingerprint density at radius 3 is 2.57 bits per heavy atom. The molecular formula is C21H21BrFN3O3S. The van der Waals surface area contributed by atoms with Gasteiger partial charge in [0.05, 0.1) is 20.9 Å². The van der Waals surface area contributed by atoms with Crippen LogP contribution in [0.2, 0.25) is 0 Å². The molecule has 0 unspecified atom stereocenters. The van der Waals surface area contributed by atoms with Crippen molar-refractivity contribution in [2.45, 2.75) is 32.8 Å². The predicted molar refractivity (Wildman–Crippen MR) is 116 cm³/mol. The van der Waals surface area contributed by atoms with Gasteiger partial charge in [-0.3, -0.25) is 9.69 Å². The number of nitrogens with zero attached hydrogens (tertiary/aromatic N) is 3. The summed E-state index contributed by atoms with van der Waals surface area (Å²) in [6.45, 7) is 6.62. The maximum absolute atomic E-state index is 14.0. The molecule has 3 rings (SSSR count). The highest BCUT2D eigenvalue weighted by Gasteiger charge is 2.30. The number of carbonyl (C=O) groups is 2. The monoisotopic (exact) mass is 493 g/mol. The molecule has 9 heteroatoms. The van der Waals surface area contributed by atoms with Crippen molar-refractivity contribution in [1.29, 1.82) is 5.26 Å². The minimum atomic E-state index is -0.606. The molecule has 0 spiro atoms. The average Bonchev–Trinajstić information content (AvgIpc) is 3.07. The van der Waals surface area contributed by atoms with Gasteiger partial charge in [0.1, 0.15) is 17.5 Å². The van der Waals surface area contributed by atoms with E-state index in [1.54, 1.807) is 43.9 Å². The molecule has 0 N–H and O–H groups in total. The van der Waals surface area contributed by atoms with Crippen molar-refractivity contribution in [3.05, 3.63) is 44.3 Å². The number of thiophene rings is 1. The third kappa shape index (κ3) is 4.99. The number of rotatable bonds is 2. The molecule has 30 heavy (non-hydrogen) atoms. The van der Waals surface area contributed by atoms with Crippen LogP contribution in [0.15, 0.2) is 28.1 Å². The van der Waals surface area contributed by atoms with Gasteiger partial charge in [0.25, 0.3) is 5.91 Å². The largest absolute Gasteiger partial charge is 0.444 e. The fourth-order valence-electron chi connectivity index (χ4n) is 3.04. The quantitative estimate of drug-likeness (QED) is 0.573. The molecule has 1 aliphatic heterocycles. The molecule has 1 aliphatic rings. The lowest BCUT2D eigenvalue weighted by Crippen LogP contribution is -2.50. The highest BCUT2D eigenvalue weighted by atomic mass is 79.9. The molecule has 2 aromatic rings. The van der Waals surface area contributed by atoms with Crippen LogP contribution in [0.25, 0.3) is 11.1 Å². The SMILES string of the molecule is CC(C)(C)OC(=O)N1CCCN(C(=O)c2cc(-c3ccc(C#N)c(F)c3)c(Br)s2)C1. The number of amides is 2. The fourth-order valence-corrected chi connectivity index (χ4v) is 4.78. The van der Waals surface area contributed by atoms with Crippen molar-refractivity contribution < 1.29 is 18.7 Å². The summed E-state index contributed by atoms with van der Waals surface area (Å²) >= 11 is 4.70. The second kappa shape index (κ2) is 8.74. The Kier molecular flexibility index (Phi) is 6.48.